The van der Waals surface area contributed by atoms with Crippen molar-refractivity contribution in [3.8, 4) is 0 Å². The predicted octanol–water partition coefficient (Wildman–Crippen LogP) is 4.61. The van der Waals surface area contributed by atoms with Crippen LogP contribution in [0.3, 0.4) is 0 Å². The highest BCUT2D eigenvalue weighted by Gasteiger charge is 2.22. The van der Waals surface area contributed by atoms with Crippen LogP contribution in [0, 0.1) is 0 Å². The summed E-state index contributed by atoms with van der Waals surface area (Å²) in [7, 11) is 0. The zero-order valence-corrected chi connectivity index (χ0v) is 14.6. The standard InChI is InChI=1S/C17H15Cl3N2O/c18-13-3-1-2-12(10-13)17(23)22-8-6-21(7-9-22)14-4-5-15(19)16(20)11-14/h1-5,10-11H,6-9H2. The number of hydrogen-bond donors (Lipinski definition) is 0. The summed E-state index contributed by atoms with van der Waals surface area (Å²) in [5.41, 5.74) is 1.65. The molecule has 2 aromatic rings. The quantitative estimate of drug-likeness (QED) is 0.772. The molecule has 3 rings (SSSR count). The highest BCUT2D eigenvalue weighted by atomic mass is 35.5. The van der Waals surface area contributed by atoms with Gasteiger partial charge in [-0.1, -0.05) is 40.9 Å². The number of benzene rings is 2. The van der Waals surface area contributed by atoms with Crippen LogP contribution in [0.25, 0.3) is 0 Å². The van der Waals surface area contributed by atoms with Crippen LogP contribution in [0.5, 0.6) is 0 Å². The minimum absolute atomic E-state index is 0.0151. The third kappa shape index (κ3) is 3.74. The lowest BCUT2D eigenvalue weighted by Crippen LogP contribution is -2.48. The van der Waals surface area contributed by atoms with Gasteiger partial charge in [-0.3, -0.25) is 4.79 Å². The van der Waals surface area contributed by atoms with Gasteiger partial charge in [-0.15, -0.1) is 0 Å². The molecule has 1 heterocycles. The zero-order chi connectivity index (χ0) is 16.4. The van der Waals surface area contributed by atoms with E-state index >= 15 is 0 Å². The Hall–Kier alpha value is -1.42. The van der Waals surface area contributed by atoms with Gasteiger partial charge in [-0.05, 0) is 36.4 Å². The molecule has 0 atom stereocenters. The molecule has 6 heteroatoms. The summed E-state index contributed by atoms with van der Waals surface area (Å²) < 4.78 is 0. The normalized spacial score (nSPS) is 14.9. The summed E-state index contributed by atoms with van der Waals surface area (Å²) in [6.45, 7) is 2.83. The zero-order valence-electron chi connectivity index (χ0n) is 12.3. The maximum absolute atomic E-state index is 12.5. The predicted molar refractivity (Wildman–Crippen MR) is 96.0 cm³/mol. The van der Waals surface area contributed by atoms with Gasteiger partial charge in [0.1, 0.15) is 0 Å². The molecule has 1 aliphatic heterocycles. The van der Waals surface area contributed by atoms with Gasteiger partial charge in [0.05, 0.1) is 10.0 Å². The third-order valence-corrected chi connectivity index (χ3v) is 4.88. The first kappa shape index (κ1) is 16.4. The van der Waals surface area contributed by atoms with E-state index in [1.54, 1.807) is 30.3 Å². The average molecular weight is 370 g/mol. The van der Waals surface area contributed by atoms with Crippen LogP contribution < -0.4 is 4.90 Å². The molecule has 0 unspecified atom stereocenters. The summed E-state index contributed by atoms with van der Waals surface area (Å²) in [6.07, 6.45) is 0. The van der Waals surface area contributed by atoms with Crippen LogP contribution in [0.15, 0.2) is 42.5 Å². The Kier molecular flexibility index (Phi) is 5.00. The second kappa shape index (κ2) is 7.00. The van der Waals surface area contributed by atoms with Crippen molar-refractivity contribution in [2.75, 3.05) is 31.1 Å². The average Bonchev–Trinajstić information content (AvgIpc) is 2.57. The molecule has 0 spiro atoms. The van der Waals surface area contributed by atoms with Crippen molar-refractivity contribution in [2.45, 2.75) is 0 Å². The molecule has 1 saturated heterocycles. The Bertz CT molecular complexity index is 728. The van der Waals surface area contributed by atoms with Gasteiger partial charge in [0.15, 0.2) is 0 Å². The van der Waals surface area contributed by atoms with Crippen molar-refractivity contribution in [3.05, 3.63) is 63.1 Å². The van der Waals surface area contributed by atoms with E-state index in [9.17, 15) is 4.79 Å². The smallest absolute Gasteiger partial charge is 0.254 e. The molecule has 0 aliphatic carbocycles. The van der Waals surface area contributed by atoms with Crippen molar-refractivity contribution >= 4 is 46.4 Å². The van der Waals surface area contributed by atoms with Gasteiger partial charge in [-0.2, -0.15) is 0 Å². The molecule has 0 aromatic heterocycles. The monoisotopic (exact) mass is 368 g/mol. The van der Waals surface area contributed by atoms with Crippen molar-refractivity contribution in [3.63, 3.8) is 0 Å². The molecular weight excluding hydrogens is 355 g/mol. The van der Waals surface area contributed by atoms with Crippen molar-refractivity contribution < 1.29 is 4.79 Å². The number of hydrogen-bond acceptors (Lipinski definition) is 2. The second-order valence-electron chi connectivity index (χ2n) is 5.39. The van der Waals surface area contributed by atoms with Crippen LogP contribution in [-0.4, -0.2) is 37.0 Å². The van der Waals surface area contributed by atoms with Gasteiger partial charge in [0.2, 0.25) is 0 Å². The summed E-state index contributed by atoms with van der Waals surface area (Å²) in [5.74, 6) is 0.0151. The lowest BCUT2D eigenvalue weighted by molar-refractivity contribution is 0.0747. The first-order valence-electron chi connectivity index (χ1n) is 7.29. The van der Waals surface area contributed by atoms with Gasteiger partial charge < -0.3 is 9.80 Å². The van der Waals surface area contributed by atoms with E-state index in [1.165, 1.54) is 0 Å². The number of nitrogens with zero attached hydrogens (tertiary/aromatic N) is 2. The fraction of sp³-hybridized carbons (Fsp3) is 0.235. The van der Waals surface area contributed by atoms with Crippen molar-refractivity contribution in [1.82, 2.24) is 4.90 Å². The molecule has 0 saturated carbocycles. The van der Waals surface area contributed by atoms with E-state index < -0.39 is 0 Å². The van der Waals surface area contributed by atoms with Crippen LogP contribution in [0.4, 0.5) is 5.69 Å². The van der Waals surface area contributed by atoms with Gasteiger partial charge >= 0.3 is 0 Å². The third-order valence-electron chi connectivity index (χ3n) is 3.91. The largest absolute Gasteiger partial charge is 0.368 e. The Morgan fingerprint density at radius 2 is 1.61 bits per heavy atom. The molecule has 0 bridgehead atoms. The van der Waals surface area contributed by atoms with Crippen LogP contribution in [-0.2, 0) is 0 Å². The van der Waals surface area contributed by atoms with Crippen LogP contribution >= 0.6 is 34.8 Å². The summed E-state index contributed by atoms with van der Waals surface area (Å²) in [6, 6.07) is 12.7. The van der Waals surface area contributed by atoms with Gasteiger partial charge in [0, 0.05) is 42.5 Å². The molecule has 1 amide bonds. The van der Waals surface area contributed by atoms with Crippen LogP contribution in [0.2, 0.25) is 15.1 Å². The fourth-order valence-electron chi connectivity index (χ4n) is 2.65. The van der Waals surface area contributed by atoms with Crippen LogP contribution in [0.1, 0.15) is 10.4 Å². The molecule has 2 aromatic carbocycles. The van der Waals surface area contributed by atoms with Crippen molar-refractivity contribution in [2.24, 2.45) is 0 Å². The summed E-state index contributed by atoms with van der Waals surface area (Å²) >= 11 is 18.0. The van der Waals surface area contributed by atoms with Crippen molar-refractivity contribution in [1.29, 1.82) is 0 Å². The van der Waals surface area contributed by atoms with E-state index in [2.05, 4.69) is 4.90 Å². The SMILES string of the molecule is O=C(c1cccc(Cl)c1)N1CCN(c2ccc(Cl)c(Cl)c2)CC1. The van der Waals surface area contributed by atoms with E-state index in [1.807, 2.05) is 17.0 Å². The topological polar surface area (TPSA) is 23.6 Å². The second-order valence-corrected chi connectivity index (χ2v) is 6.64. The first-order chi connectivity index (χ1) is 11.0. The number of amides is 1. The highest BCUT2D eigenvalue weighted by molar-refractivity contribution is 6.42. The summed E-state index contributed by atoms with van der Waals surface area (Å²) in [5, 5.41) is 1.66. The molecule has 1 aliphatic rings. The Morgan fingerprint density at radius 3 is 2.26 bits per heavy atom. The Balaban J connectivity index is 1.66. The molecule has 0 N–H and O–H groups in total. The maximum atomic E-state index is 12.5. The first-order valence-corrected chi connectivity index (χ1v) is 8.43. The number of carbonyl (C=O) groups is 1. The fourth-order valence-corrected chi connectivity index (χ4v) is 3.14. The van der Waals surface area contributed by atoms with E-state index in [-0.39, 0.29) is 5.91 Å². The summed E-state index contributed by atoms with van der Waals surface area (Å²) in [4.78, 5) is 16.5. The number of rotatable bonds is 2. The Labute approximate surface area is 150 Å². The molecule has 3 nitrogen and oxygen atoms in total. The Morgan fingerprint density at radius 1 is 0.870 bits per heavy atom. The molecule has 0 radical (unpaired) electrons. The molecule has 1 fully saturated rings. The lowest BCUT2D eigenvalue weighted by atomic mass is 10.1. The minimum Gasteiger partial charge on any atom is -0.368 e. The maximum Gasteiger partial charge on any atom is 0.254 e. The van der Waals surface area contributed by atoms with Gasteiger partial charge in [-0.25, -0.2) is 0 Å². The lowest BCUT2D eigenvalue weighted by Gasteiger charge is -2.36. The number of piperazine rings is 1. The number of halogens is 3. The van der Waals surface area contributed by atoms with E-state index in [0.717, 1.165) is 18.8 Å². The van der Waals surface area contributed by atoms with E-state index in [4.69, 9.17) is 34.8 Å². The van der Waals surface area contributed by atoms with E-state index in [0.29, 0.717) is 33.7 Å². The molecular formula is C17H15Cl3N2O. The molecule has 23 heavy (non-hydrogen) atoms. The minimum atomic E-state index is 0.0151. The highest BCUT2D eigenvalue weighted by Crippen LogP contribution is 2.28. The number of carbonyl (C=O) groups excluding carboxylic acids is 1. The van der Waals surface area contributed by atoms with Gasteiger partial charge in [0.25, 0.3) is 5.91 Å². The molecule has 120 valence electrons. The number of anilines is 1.